The summed E-state index contributed by atoms with van der Waals surface area (Å²) in [5.74, 6) is 0.939. The summed E-state index contributed by atoms with van der Waals surface area (Å²) in [5.41, 5.74) is 1.06. The first-order chi connectivity index (χ1) is 11.2. The average molecular weight is 331 g/mol. The van der Waals surface area contributed by atoms with Gasteiger partial charge >= 0.3 is 0 Å². The van der Waals surface area contributed by atoms with Crippen molar-refractivity contribution in [3.05, 3.63) is 46.4 Å². The molecule has 5 nitrogen and oxygen atoms in total. The molecule has 1 saturated heterocycles. The van der Waals surface area contributed by atoms with E-state index in [-0.39, 0.29) is 11.9 Å². The second-order valence-electron chi connectivity index (χ2n) is 5.63. The zero-order valence-corrected chi connectivity index (χ0v) is 14.3. The summed E-state index contributed by atoms with van der Waals surface area (Å²) in [4.78, 5) is 20.7. The van der Waals surface area contributed by atoms with Gasteiger partial charge in [0.2, 0.25) is 5.91 Å². The van der Waals surface area contributed by atoms with Crippen molar-refractivity contribution in [2.24, 2.45) is 0 Å². The molecule has 1 aromatic carbocycles. The van der Waals surface area contributed by atoms with Crippen LogP contribution < -0.4 is 4.74 Å². The highest BCUT2D eigenvalue weighted by Crippen LogP contribution is 2.32. The number of para-hydroxylation sites is 1. The number of hydrogen-bond acceptors (Lipinski definition) is 5. The number of carbonyl (C=O) groups excluding carboxylic acids is 1. The predicted octanol–water partition coefficient (Wildman–Crippen LogP) is 2.56. The quantitative estimate of drug-likeness (QED) is 0.864. The third-order valence-electron chi connectivity index (χ3n) is 4.21. The number of nitrogens with zero attached hydrogens (tertiary/aromatic N) is 3. The lowest BCUT2D eigenvalue weighted by atomic mass is 10.0. The molecule has 1 atom stereocenters. The van der Waals surface area contributed by atoms with Crippen molar-refractivity contribution in [3.63, 3.8) is 0 Å². The molecule has 0 bridgehead atoms. The minimum atomic E-state index is 0.0114. The van der Waals surface area contributed by atoms with Gasteiger partial charge in [-0.3, -0.25) is 9.69 Å². The summed E-state index contributed by atoms with van der Waals surface area (Å²) >= 11 is 1.67. The second-order valence-corrected chi connectivity index (χ2v) is 6.61. The first-order valence-corrected chi connectivity index (χ1v) is 8.58. The Balaban J connectivity index is 1.84. The van der Waals surface area contributed by atoms with Crippen LogP contribution in [0.15, 0.2) is 35.8 Å². The van der Waals surface area contributed by atoms with Crippen LogP contribution in [0.5, 0.6) is 5.75 Å². The van der Waals surface area contributed by atoms with Gasteiger partial charge in [-0.05, 0) is 6.07 Å². The topological polar surface area (TPSA) is 45.7 Å². The molecule has 6 heteroatoms. The van der Waals surface area contributed by atoms with E-state index in [1.54, 1.807) is 25.4 Å². The van der Waals surface area contributed by atoms with Crippen LogP contribution in [0.3, 0.4) is 0 Å². The molecule has 0 spiro atoms. The van der Waals surface area contributed by atoms with E-state index in [9.17, 15) is 4.79 Å². The van der Waals surface area contributed by atoms with Crippen molar-refractivity contribution in [2.45, 2.75) is 19.5 Å². The fraction of sp³-hybridized carbons (Fsp3) is 0.412. The van der Waals surface area contributed by atoms with Crippen molar-refractivity contribution in [3.8, 4) is 5.75 Å². The zero-order chi connectivity index (χ0) is 16.2. The molecule has 1 fully saturated rings. The molecular formula is C17H21N3O2S. The summed E-state index contributed by atoms with van der Waals surface area (Å²) in [6, 6.07) is 7.96. The standard InChI is InChI=1S/C17H21N3O2S/c1-13(21)20-9-8-19(12-17-18-7-10-23-17)11-15(20)14-5-3-4-6-16(14)22-2/h3-7,10,15H,8-9,11-12H2,1-2H3/t15-/m1/s1. The summed E-state index contributed by atoms with van der Waals surface area (Å²) < 4.78 is 5.50. The van der Waals surface area contributed by atoms with Crippen LogP contribution in [-0.2, 0) is 11.3 Å². The molecule has 0 unspecified atom stereocenters. The number of aromatic nitrogens is 1. The molecule has 0 aliphatic carbocycles. The lowest BCUT2D eigenvalue weighted by Gasteiger charge is -2.41. The maximum Gasteiger partial charge on any atom is 0.220 e. The van der Waals surface area contributed by atoms with E-state index in [0.717, 1.165) is 42.5 Å². The van der Waals surface area contributed by atoms with E-state index in [1.165, 1.54) is 0 Å². The average Bonchev–Trinajstić information content (AvgIpc) is 3.07. The van der Waals surface area contributed by atoms with Crippen molar-refractivity contribution in [1.29, 1.82) is 0 Å². The maximum absolute atomic E-state index is 12.1. The van der Waals surface area contributed by atoms with Crippen LogP contribution in [0.4, 0.5) is 0 Å². The van der Waals surface area contributed by atoms with E-state index in [0.29, 0.717) is 0 Å². The van der Waals surface area contributed by atoms with Gasteiger partial charge in [-0.1, -0.05) is 18.2 Å². The van der Waals surface area contributed by atoms with Crippen molar-refractivity contribution in [1.82, 2.24) is 14.8 Å². The number of benzene rings is 1. The Kier molecular flexibility index (Phi) is 4.93. The molecule has 0 N–H and O–H groups in total. The van der Waals surface area contributed by atoms with Gasteiger partial charge in [0.25, 0.3) is 0 Å². The Labute approximate surface area is 140 Å². The van der Waals surface area contributed by atoms with Crippen molar-refractivity contribution < 1.29 is 9.53 Å². The lowest BCUT2D eigenvalue weighted by molar-refractivity contribution is -0.134. The van der Waals surface area contributed by atoms with E-state index in [1.807, 2.05) is 40.7 Å². The Hall–Kier alpha value is -1.92. The highest BCUT2D eigenvalue weighted by Gasteiger charge is 2.31. The monoisotopic (exact) mass is 331 g/mol. The molecular weight excluding hydrogens is 310 g/mol. The number of hydrogen-bond donors (Lipinski definition) is 0. The van der Waals surface area contributed by atoms with Gasteiger partial charge in [-0.15, -0.1) is 11.3 Å². The van der Waals surface area contributed by atoms with Gasteiger partial charge < -0.3 is 9.64 Å². The third-order valence-corrected chi connectivity index (χ3v) is 4.97. The summed E-state index contributed by atoms with van der Waals surface area (Å²) in [6.45, 7) is 4.85. The van der Waals surface area contributed by atoms with Crippen molar-refractivity contribution in [2.75, 3.05) is 26.7 Å². The number of amides is 1. The van der Waals surface area contributed by atoms with E-state index >= 15 is 0 Å². The molecule has 1 aliphatic heterocycles. The zero-order valence-electron chi connectivity index (χ0n) is 13.4. The van der Waals surface area contributed by atoms with Gasteiger partial charge in [-0.2, -0.15) is 0 Å². The summed E-state index contributed by atoms with van der Waals surface area (Å²) in [5, 5.41) is 3.11. The molecule has 23 heavy (non-hydrogen) atoms. The molecule has 3 rings (SSSR count). The Morgan fingerprint density at radius 2 is 2.22 bits per heavy atom. The van der Waals surface area contributed by atoms with Crippen LogP contribution in [-0.4, -0.2) is 47.4 Å². The normalized spacial score (nSPS) is 18.9. The Bertz CT molecular complexity index is 660. The maximum atomic E-state index is 12.1. The number of ether oxygens (including phenoxy) is 1. The van der Waals surface area contributed by atoms with Gasteiger partial charge in [0.15, 0.2) is 0 Å². The predicted molar refractivity (Wildman–Crippen MR) is 90.5 cm³/mol. The molecule has 2 heterocycles. The van der Waals surface area contributed by atoms with Crippen molar-refractivity contribution >= 4 is 17.2 Å². The van der Waals surface area contributed by atoms with Crippen LogP contribution in [0.1, 0.15) is 23.5 Å². The molecule has 0 saturated carbocycles. The summed E-state index contributed by atoms with van der Waals surface area (Å²) in [6.07, 6.45) is 1.84. The first kappa shape index (κ1) is 16.0. The molecule has 122 valence electrons. The van der Waals surface area contributed by atoms with Crippen LogP contribution in [0.25, 0.3) is 0 Å². The molecule has 2 aromatic rings. The first-order valence-electron chi connectivity index (χ1n) is 7.70. The number of rotatable bonds is 4. The minimum absolute atomic E-state index is 0.0114. The number of thiazole rings is 1. The Morgan fingerprint density at radius 3 is 2.91 bits per heavy atom. The third kappa shape index (κ3) is 3.54. The summed E-state index contributed by atoms with van der Waals surface area (Å²) in [7, 11) is 1.67. The lowest BCUT2D eigenvalue weighted by Crippen LogP contribution is -2.49. The second kappa shape index (κ2) is 7.10. The van der Waals surface area contributed by atoms with Gasteiger partial charge in [0.05, 0.1) is 19.7 Å². The van der Waals surface area contributed by atoms with Gasteiger partial charge in [0.1, 0.15) is 10.8 Å². The SMILES string of the molecule is COc1ccccc1[C@H]1CN(Cc2nccs2)CCN1C(C)=O. The molecule has 1 amide bonds. The van der Waals surface area contributed by atoms with Crippen LogP contribution >= 0.6 is 11.3 Å². The molecule has 1 aromatic heterocycles. The number of methoxy groups -OCH3 is 1. The molecule has 1 aliphatic rings. The molecule has 0 radical (unpaired) electrons. The van der Waals surface area contributed by atoms with Crippen LogP contribution in [0.2, 0.25) is 0 Å². The van der Waals surface area contributed by atoms with Gasteiger partial charge in [0, 0.05) is 43.7 Å². The minimum Gasteiger partial charge on any atom is -0.496 e. The fourth-order valence-electron chi connectivity index (χ4n) is 3.09. The van der Waals surface area contributed by atoms with Gasteiger partial charge in [-0.25, -0.2) is 4.98 Å². The smallest absolute Gasteiger partial charge is 0.220 e. The number of piperazine rings is 1. The Morgan fingerprint density at radius 1 is 1.39 bits per heavy atom. The van der Waals surface area contributed by atoms with E-state index in [2.05, 4.69) is 9.88 Å². The van der Waals surface area contributed by atoms with Crippen LogP contribution in [0, 0.1) is 0 Å². The highest BCUT2D eigenvalue weighted by molar-refractivity contribution is 7.09. The number of carbonyl (C=O) groups is 1. The van der Waals surface area contributed by atoms with E-state index < -0.39 is 0 Å². The largest absolute Gasteiger partial charge is 0.496 e. The highest BCUT2D eigenvalue weighted by atomic mass is 32.1. The van der Waals surface area contributed by atoms with E-state index in [4.69, 9.17) is 4.74 Å². The fourth-order valence-corrected chi connectivity index (χ4v) is 3.75.